The first kappa shape index (κ1) is 21.5. The number of ether oxygens (including phenoxy) is 2. The number of guanidine groups is 1. The van der Waals surface area contributed by atoms with Gasteiger partial charge in [-0.05, 0) is 37.0 Å². The van der Waals surface area contributed by atoms with Crippen molar-refractivity contribution >= 4 is 5.96 Å². The van der Waals surface area contributed by atoms with Crippen LogP contribution in [0.1, 0.15) is 38.8 Å². The van der Waals surface area contributed by atoms with E-state index in [0.717, 1.165) is 57.5 Å². The lowest BCUT2D eigenvalue weighted by Gasteiger charge is -2.34. The van der Waals surface area contributed by atoms with E-state index in [9.17, 15) is 0 Å². The lowest BCUT2D eigenvalue weighted by atomic mass is 10.0. The minimum Gasteiger partial charge on any atom is -0.497 e. The summed E-state index contributed by atoms with van der Waals surface area (Å²) in [6.45, 7) is 12.5. The summed E-state index contributed by atoms with van der Waals surface area (Å²) in [6, 6.07) is 8.58. The predicted octanol–water partition coefficient (Wildman–Crippen LogP) is 2.67. The smallest absolute Gasteiger partial charge is 0.191 e. The first-order valence-electron chi connectivity index (χ1n) is 10.1. The number of nitrogens with one attached hydrogen (secondary N) is 2. The average Bonchev–Trinajstić information content (AvgIpc) is 2.69. The summed E-state index contributed by atoms with van der Waals surface area (Å²) in [5.41, 5.74) is 1.26. The molecule has 152 valence electrons. The number of methoxy groups -OCH3 is 1. The van der Waals surface area contributed by atoms with Crippen LogP contribution in [0.15, 0.2) is 29.3 Å². The fourth-order valence-corrected chi connectivity index (χ4v) is 3.15. The van der Waals surface area contributed by atoms with Crippen LogP contribution < -0.4 is 15.4 Å². The first-order valence-corrected chi connectivity index (χ1v) is 10.1. The fraction of sp³-hybridized carbons (Fsp3) is 0.667. The molecule has 2 N–H and O–H groups in total. The third-order valence-corrected chi connectivity index (χ3v) is 4.77. The molecular formula is C21H36N4O2. The van der Waals surface area contributed by atoms with Crippen LogP contribution in [0, 0.1) is 5.92 Å². The minimum absolute atomic E-state index is 0.236. The van der Waals surface area contributed by atoms with Gasteiger partial charge < -0.3 is 20.1 Å². The Bertz CT molecular complexity index is 554. The molecule has 0 spiro atoms. The standard InChI is InChI=1S/C21H36N4O2/c1-5-22-21(23-11-10-17(2)3)24-16-20(25-12-14-27-15-13-25)18-6-8-19(26-4)9-7-18/h6-9,17,20H,5,10-16H2,1-4H3,(H2,22,23,24). The molecule has 0 aliphatic carbocycles. The fourth-order valence-electron chi connectivity index (χ4n) is 3.15. The number of rotatable bonds is 9. The van der Waals surface area contributed by atoms with Gasteiger partial charge in [-0.25, -0.2) is 0 Å². The summed E-state index contributed by atoms with van der Waals surface area (Å²) in [6.07, 6.45) is 1.13. The van der Waals surface area contributed by atoms with Gasteiger partial charge in [0.1, 0.15) is 5.75 Å². The van der Waals surface area contributed by atoms with Crippen LogP contribution in [0.4, 0.5) is 0 Å². The molecule has 0 saturated carbocycles. The number of benzene rings is 1. The van der Waals surface area contributed by atoms with Gasteiger partial charge in [-0.1, -0.05) is 26.0 Å². The van der Waals surface area contributed by atoms with Gasteiger partial charge in [0.05, 0.1) is 32.9 Å². The van der Waals surface area contributed by atoms with E-state index in [4.69, 9.17) is 14.5 Å². The Balaban J connectivity index is 2.10. The van der Waals surface area contributed by atoms with E-state index < -0.39 is 0 Å². The Kier molecular flexibility index (Phi) is 9.42. The molecule has 1 saturated heterocycles. The van der Waals surface area contributed by atoms with Crippen LogP contribution in [-0.2, 0) is 4.74 Å². The van der Waals surface area contributed by atoms with E-state index in [0.29, 0.717) is 12.5 Å². The Morgan fingerprint density at radius 1 is 1.19 bits per heavy atom. The van der Waals surface area contributed by atoms with Crippen LogP contribution in [0.3, 0.4) is 0 Å². The zero-order valence-corrected chi connectivity index (χ0v) is 17.3. The highest BCUT2D eigenvalue weighted by molar-refractivity contribution is 5.79. The highest BCUT2D eigenvalue weighted by atomic mass is 16.5. The van der Waals surface area contributed by atoms with Crippen molar-refractivity contribution in [3.05, 3.63) is 29.8 Å². The van der Waals surface area contributed by atoms with E-state index in [2.05, 4.69) is 48.4 Å². The van der Waals surface area contributed by atoms with Crippen LogP contribution in [0.25, 0.3) is 0 Å². The molecule has 1 fully saturated rings. The lowest BCUT2D eigenvalue weighted by molar-refractivity contribution is 0.0179. The summed E-state index contributed by atoms with van der Waals surface area (Å²) in [7, 11) is 1.70. The molecule has 1 atom stereocenters. The van der Waals surface area contributed by atoms with E-state index in [1.165, 1.54) is 5.56 Å². The van der Waals surface area contributed by atoms with Crippen LogP contribution in [-0.4, -0.2) is 63.9 Å². The lowest BCUT2D eigenvalue weighted by Crippen LogP contribution is -2.42. The van der Waals surface area contributed by atoms with Crippen molar-refractivity contribution in [1.82, 2.24) is 15.5 Å². The van der Waals surface area contributed by atoms with Crippen molar-refractivity contribution in [2.45, 2.75) is 33.2 Å². The zero-order valence-electron chi connectivity index (χ0n) is 17.3. The molecule has 0 bridgehead atoms. The van der Waals surface area contributed by atoms with Gasteiger partial charge in [0, 0.05) is 26.2 Å². The quantitative estimate of drug-likeness (QED) is 0.513. The average molecular weight is 377 g/mol. The number of hydrogen-bond acceptors (Lipinski definition) is 4. The summed E-state index contributed by atoms with van der Waals surface area (Å²) in [5, 5.41) is 6.82. The van der Waals surface area contributed by atoms with E-state index in [1.54, 1.807) is 7.11 Å². The summed E-state index contributed by atoms with van der Waals surface area (Å²) >= 11 is 0. The van der Waals surface area contributed by atoms with Gasteiger partial charge in [0.25, 0.3) is 0 Å². The molecule has 2 rings (SSSR count). The Hall–Kier alpha value is -1.79. The molecule has 1 unspecified atom stereocenters. The third kappa shape index (κ3) is 7.39. The SMILES string of the molecule is CCNC(=NCC(c1ccc(OC)cc1)N1CCOCC1)NCCC(C)C. The molecule has 1 heterocycles. The van der Waals surface area contributed by atoms with Gasteiger partial charge in [-0.15, -0.1) is 0 Å². The second kappa shape index (κ2) is 11.8. The van der Waals surface area contributed by atoms with E-state index in [-0.39, 0.29) is 6.04 Å². The minimum atomic E-state index is 0.236. The Labute approximate surface area is 164 Å². The van der Waals surface area contributed by atoms with Crippen LogP contribution in [0.2, 0.25) is 0 Å². The summed E-state index contributed by atoms with van der Waals surface area (Å²) in [5.74, 6) is 2.46. The van der Waals surface area contributed by atoms with Crippen molar-refractivity contribution in [2.75, 3.05) is 53.0 Å². The van der Waals surface area contributed by atoms with E-state index in [1.807, 2.05) is 12.1 Å². The van der Waals surface area contributed by atoms with Gasteiger partial charge in [0.2, 0.25) is 0 Å². The summed E-state index contributed by atoms with van der Waals surface area (Å²) in [4.78, 5) is 7.35. The molecular weight excluding hydrogens is 340 g/mol. The third-order valence-electron chi connectivity index (χ3n) is 4.77. The van der Waals surface area contributed by atoms with Crippen LogP contribution >= 0.6 is 0 Å². The molecule has 6 heteroatoms. The van der Waals surface area contributed by atoms with Crippen LogP contribution in [0.5, 0.6) is 5.75 Å². The second-order valence-corrected chi connectivity index (χ2v) is 7.27. The Morgan fingerprint density at radius 3 is 2.48 bits per heavy atom. The molecule has 6 nitrogen and oxygen atoms in total. The van der Waals surface area contributed by atoms with Crippen molar-refractivity contribution in [1.29, 1.82) is 0 Å². The molecule has 27 heavy (non-hydrogen) atoms. The maximum Gasteiger partial charge on any atom is 0.191 e. The molecule has 1 aromatic rings. The highest BCUT2D eigenvalue weighted by Crippen LogP contribution is 2.24. The monoisotopic (exact) mass is 376 g/mol. The molecule has 0 radical (unpaired) electrons. The predicted molar refractivity (Wildman–Crippen MR) is 112 cm³/mol. The molecule has 1 aliphatic rings. The van der Waals surface area contributed by atoms with E-state index >= 15 is 0 Å². The maximum absolute atomic E-state index is 5.54. The highest BCUT2D eigenvalue weighted by Gasteiger charge is 2.22. The maximum atomic E-state index is 5.54. The number of aliphatic imine (C=N–C) groups is 1. The summed E-state index contributed by atoms with van der Waals surface area (Å²) < 4.78 is 10.8. The molecule has 0 amide bonds. The van der Waals surface area contributed by atoms with Gasteiger partial charge in [-0.2, -0.15) is 0 Å². The number of nitrogens with zero attached hydrogens (tertiary/aromatic N) is 2. The molecule has 1 aromatic carbocycles. The van der Waals surface area contributed by atoms with Crippen molar-refractivity contribution in [2.24, 2.45) is 10.9 Å². The van der Waals surface area contributed by atoms with Gasteiger partial charge in [-0.3, -0.25) is 9.89 Å². The van der Waals surface area contributed by atoms with Gasteiger partial charge in [0.15, 0.2) is 5.96 Å². The molecule has 0 aromatic heterocycles. The zero-order chi connectivity index (χ0) is 19.5. The second-order valence-electron chi connectivity index (χ2n) is 7.27. The normalized spacial score (nSPS) is 17.0. The van der Waals surface area contributed by atoms with Gasteiger partial charge >= 0.3 is 0 Å². The van der Waals surface area contributed by atoms with Crippen molar-refractivity contribution < 1.29 is 9.47 Å². The largest absolute Gasteiger partial charge is 0.497 e. The topological polar surface area (TPSA) is 58.1 Å². The Morgan fingerprint density at radius 2 is 1.89 bits per heavy atom. The molecule has 1 aliphatic heterocycles. The van der Waals surface area contributed by atoms with Crippen molar-refractivity contribution in [3.63, 3.8) is 0 Å². The first-order chi connectivity index (χ1) is 13.1. The number of hydrogen-bond donors (Lipinski definition) is 2. The van der Waals surface area contributed by atoms with Crippen molar-refractivity contribution in [3.8, 4) is 5.75 Å². The number of morpholine rings is 1.